The summed E-state index contributed by atoms with van der Waals surface area (Å²) in [5, 5.41) is 1.16. The number of hydrogen-bond donors (Lipinski definition) is 1. The van der Waals surface area contributed by atoms with Gasteiger partial charge in [0.25, 0.3) is 0 Å². The van der Waals surface area contributed by atoms with Gasteiger partial charge in [-0.05, 0) is 0 Å². The fourth-order valence-electron chi connectivity index (χ4n) is 0.838. The molecule has 0 aliphatic heterocycles. The van der Waals surface area contributed by atoms with Crippen LogP contribution in [-0.2, 0) is 0 Å². The van der Waals surface area contributed by atoms with Crippen LogP contribution >= 0.6 is 0 Å². The molecule has 2 N–H and O–H groups in total. The summed E-state index contributed by atoms with van der Waals surface area (Å²) in [6.45, 7) is 2.14. The Labute approximate surface area is 80.5 Å². The Hall–Kier alpha value is -0.301. The molecule has 0 aromatic heterocycles. The molecule has 0 saturated heterocycles. The van der Waals surface area contributed by atoms with E-state index in [0.717, 1.165) is 11.7 Å². The van der Waals surface area contributed by atoms with Crippen molar-refractivity contribution in [3.8, 4) is 0 Å². The number of rotatable bonds is 4. The molecule has 1 rings (SSSR count). The molecule has 1 atom stereocenters. The van der Waals surface area contributed by atoms with Gasteiger partial charge in [0.05, 0.1) is 0 Å². The molecule has 0 amide bonds. The van der Waals surface area contributed by atoms with Gasteiger partial charge >= 0.3 is 80.2 Å². The van der Waals surface area contributed by atoms with Crippen LogP contribution in [-0.4, -0.2) is 21.0 Å². The van der Waals surface area contributed by atoms with Crippen molar-refractivity contribution in [2.75, 3.05) is 0 Å². The van der Waals surface area contributed by atoms with Crippen LogP contribution in [0.5, 0.6) is 0 Å². The number of hydrogen-bond acceptors (Lipinski definition) is 1. The van der Waals surface area contributed by atoms with Crippen LogP contribution in [0.25, 0.3) is 0 Å². The Morgan fingerprint density at radius 3 is 2.58 bits per heavy atom. The zero-order valence-electron chi connectivity index (χ0n) is 7.36. The second-order valence-electron chi connectivity index (χ2n) is 2.79. The summed E-state index contributed by atoms with van der Waals surface area (Å²) in [5.74, 6) is 0. The van der Waals surface area contributed by atoms with Crippen molar-refractivity contribution in [2.45, 2.75) is 24.7 Å². The van der Waals surface area contributed by atoms with Crippen molar-refractivity contribution in [3.05, 3.63) is 30.3 Å². The average Bonchev–Trinajstić information content (AvgIpc) is 2.16. The Kier molecular flexibility index (Phi) is 4.37. The van der Waals surface area contributed by atoms with Crippen molar-refractivity contribution in [1.29, 1.82) is 0 Å². The van der Waals surface area contributed by atoms with Crippen LogP contribution in [0, 0.1) is 0 Å². The van der Waals surface area contributed by atoms with E-state index in [4.69, 9.17) is 5.73 Å². The molecule has 0 radical (unpaired) electrons. The van der Waals surface area contributed by atoms with E-state index in [9.17, 15) is 0 Å². The summed E-state index contributed by atoms with van der Waals surface area (Å²) in [6.07, 6.45) is 1.09. The van der Waals surface area contributed by atoms with Crippen LogP contribution in [0.15, 0.2) is 30.3 Å². The summed E-state index contributed by atoms with van der Waals surface area (Å²) in [7, 11) is 0. The van der Waals surface area contributed by atoms with Crippen LogP contribution in [0.2, 0.25) is 5.32 Å². The van der Waals surface area contributed by atoms with Gasteiger partial charge < -0.3 is 0 Å². The first-order chi connectivity index (χ1) is 5.83. The Morgan fingerprint density at radius 1 is 1.33 bits per heavy atom. The molecule has 0 bridgehead atoms. The fourth-order valence-corrected chi connectivity index (χ4v) is 2.92. The van der Waals surface area contributed by atoms with Crippen molar-refractivity contribution < 1.29 is 0 Å². The molecule has 12 heavy (non-hydrogen) atoms. The number of benzene rings is 1. The average molecular weight is 228 g/mol. The third-order valence-corrected chi connectivity index (χ3v) is 4.25. The van der Waals surface area contributed by atoms with E-state index in [1.165, 1.54) is 4.46 Å². The Morgan fingerprint density at radius 2 is 2.00 bits per heavy atom. The molecule has 1 nitrogen and oxygen atoms in total. The zero-order valence-corrected chi connectivity index (χ0v) is 9.08. The van der Waals surface area contributed by atoms with E-state index in [1.807, 2.05) is 0 Å². The van der Waals surface area contributed by atoms with Gasteiger partial charge in [-0.25, -0.2) is 0 Å². The predicted octanol–water partition coefficient (Wildman–Crippen LogP) is 1.17. The molecule has 1 aromatic rings. The van der Waals surface area contributed by atoms with Crippen LogP contribution in [0.4, 0.5) is 0 Å². The van der Waals surface area contributed by atoms with Crippen LogP contribution in [0.1, 0.15) is 13.3 Å². The Balaban J connectivity index is 2.33. The third kappa shape index (κ3) is 3.40. The SMILES string of the molecule is CC[C@@H](N)C[Se]c1ccccc1. The van der Waals surface area contributed by atoms with Gasteiger partial charge in [0.1, 0.15) is 0 Å². The van der Waals surface area contributed by atoms with E-state index in [2.05, 4.69) is 37.3 Å². The summed E-state index contributed by atoms with van der Waals surface area (Å²) in [5.41, 5.74) is 5.84. The molecule has 0 aliphatic carbocycles. The second kappa shape index (κ2) is 5.36. The molecule has 0 saturated carbocycles. The van der Waals surface area contributed by atoms with Crippen molar-refractivity contribution >= 4 is 19.4 Å². The molecule has 0 spiro atoms. The maximum atomic E-state index is 5.84. The predicted molar refractivity (Wildman–Crippen MR) is 54.9 cm³/mol. The van der Waals surface area contributed by atoms with E-state index < -0.39 is 0 Å². The van der Waals surface area contributed by atoms with Crippen LogP contribution in [0.3, 0.4) is 0 Å². The fraction of sp³-hybridized carbons (Fsp3) is 0.400. The molecule has 0 aliphatic rings. The number of nitrogens with two attached hydrogens (primary N) is 1. The van der Waals surface area contributed by atoms with Gasteiger partial charge in [-0.2, -0.15) is 0 Å². The van der Waals surface area contributed by atoms with E-state index in [0.29, 0.717) is 21.0 Å². The quantitative estimate of drug-likeness (QED) is 0.769. The van der Waals surface area contributed by atoms with Gasteiger partial charge in [-0.3, -0.25) is 0 Å². The molecule has 0 fully saturated rings. The first-order valence-corrected chi connectivity index (χ1v) is 6.33. The van der Waals surface area contributed by atoms with Gasteiger partial charge in [0, 0.05) is 0 Å². The summed E-state index contributed by atoms with van der Waals surface area (Å²) < 4.78 is 1.45. The molecule has 1 aromatic carbocycles. The van der Waals surface area contributed by atoms with E-state index >= 15 is 0 Å². The molecular weight excluding hydrogens is 213 g/mol. The third-order valence-electron chi connectivity index (χ3n) is 1.73. The normalized spacial score (nSPS) is 12.8. The summed E-state index contributed by atoms with van der Waals surface area (Å²) in [4.78, 5) is 0. The second-order valence-corrected chi connectivity index (χ2v) is 5.09. The first-order valence-electron chi connectivity index (χ1n) is 4.26. The minimum absolute atomic E-state index is 0.394. The monoisotopic (exact) mass is 229 g/mol. The van der Waals surface area contributed by atoms with E-state index in [1.54, 1.807) is 0 Å². The molecule has 2 heteroatoms. The summed E-state index contributed by atoms with van der Waals surface area (Å²) in [6, 6.07) is 11.0. The minimum atomic E-state index is 0.394. The summed E-state index contributed by atoms with van der Waals surface area (Å²) >= 11 is 0.566. The Bertz CT molecular complexity index is 210. The van der Waals surface area contributed by atoms with Crippen molar-refractivity contribution in [1.82, 2.24) is 0 Å². The first kappa shape index (κ1) is 9.78. The maximum absolute atomic E-state index is 5.84. The van der Waals surface area contributed by atoms with Crippen molar-refractivity contribution in [2.24, 2.45) is 5.73 Å². The van der Waals surface area contributed by atoms with E-state index in [-0.39, 0.29) is 0 Å². The molecule has 0 heterocycles. The van der Waals surface area contributed by atoms with Crippen LogP contribution < -0.4 is 10.2 Å². The van der Waals surface area contributed by atoms with Gasteiger partial charge in [0.15, 0.2) is 0 Å². The topological polar surface area (TPSA) is 26.0 Å². The van der Waals surface area contributed by atoms with Gasteiger partial charge in [-0.15, -0.1) is 0 Å². The zero-order chi connectivity index (χ0) is 8.81. The van der Waals surface area contributed by atoms with Crippen molar-refractivity contribution in [3.63, 3.8) is 0 Å². The van der Waals surface area contributed by atoms with Gasteiger partial charge in [-0.1, -0.05) is 0 Å². The van der Waals surface area contributed by atoms with Gasteiger partial charge in [0.2, 0.25) is 0 Å². The standard InChI is InChI=1S/C10H15NSe/c1-2-9(11)8-12-10-6-4-3-5-7-10/h3-7,9H,2,8,11H2,1H3/t9-/m1/s1. The molecule has 66 valence electrons. The molecular formula is C10H15NSe. The molecule has 0 unspecified atom stereocenters.